The molecule has 29 heavy (non-hydrogen) atoms. The van der Waals surface area contributed by atoms with Gasteiger partial charge in [0.05, 0.1) is 17.0 Å². The minimum atomic E-state index is -0.639. The summed E-state index contributed by atoms with van der Waals surface area (Å²) in [6.45, 7) is 2.93. The monoisotopic (exact) mass is 438 g/mol. The number of nitrogens with one attached hydrogen (secondary N) is 2. The molecule has 2 aromatic heterocycles. The van der Waals surface area contributed by atoms with Crippen LogP contribution in [-0.2, 0) is 25.5 Å². The van der Waals surface area contributed by atoms with E-state index in [0.717, 1.165) is 16.9 Å². The molecule has 0 saturated carbocycles. The molecule has 2 amide bonds. The topological polar surface area (TPSA) is 111 Å². The third-order valence-corrected chi connectivity index (χ3v) is 5.81. The number of thiophene rings is 2. The van der Waals surface area contributed by atoms with Crippen molar-refractivity contribution >= 4 is 51.4 Å². The fourth-order valence-corrected chi connectivity index (χ4v) is 4.30. The lowest BCUT2D eigenvalue weighted by atomic mass is 10.1. The van der Waals surface area contributed by atoms with Crippen LogP contribution in [0.15, 0.2) is 16.8 Å². The average molecular weight is 439 g/mol. The van der Waals surface area contributed by atoms with Gasteiger partial charge < -0.3 is 20.1 Å². The fraction of sp³-hybridized carbons (Fsp3) is 0.368. The summed E-state index contributed by atoms with van der Waals surface area (Å²) in [6.07, 6.45) is 0.702. The highest BCUT2D eigenvalue weighted by Crippen LogP contribution is 2.33. The fourth-order valence-electron chi connectivity index (χ4n) is 2.44. The second-order valence-corrected chi connectivity index (χ2v) is 7.70. The summed E-state index contributed by atoms with van der Waals surface area (Å²) in [4.78, 5) is 48.6. The SMILES string of the molecule is CCOC(=O)c1c(NC(=O)COC(=O)CCc2ccsc2)sc(C(=O)NC)c1C. The van der Waals surface area contributed by atoms with Crippen LogP contribution < -0.4 is 10.6 Å². The summed E-state index contributed by atoms with van der Waals surface area (Å²) in [5.41, 5.74) is 1.56. The first-order valence-electron chi connectivity index (χ1n) is 8.86. The first kappa shape index (κ1) is 22.6. The molecule has 0 spiro atoms. The van der Waals surface area contributed by atoms with Gasteiger partial charge in [-0.25, -0.2) is 4.79 Å². The Labute approximate surface area is 176 Å². The number of ether oxygens (including phenoxy) is 2. The summed E-state index contributed by atoms with van der Waals surface area (Å²) >= 11 is 2.50. The lowest BCUT2D eigenvalue weighted by Crippen LogP contribution is -2.22. The van der Waals surface area contributed by atoms with Gasteiger partial charge in [-0.3, -0.25) is 14.4 Å². The van der Waals surface area contributed by atoms with E-state index in [1.54, 1.807) is 25.2 Å². The van der Waals surface area contributed by atoms with E-state index in [2.05, 4.69) is 10.6 Å². The first-order valence-corrected chi connectivity index (χ1v) is 10.6. The maximum Gasteiger partial charge on any atom is 0.341 e. The molecule has 0 bridgehead atoms. The summed E-state index contributed by atoms with van der Waals surface area (Å²) in [7, 11) is 1.47. The molecule has 156 valence electrons. The average Bonchev–Trinajstić information content (AvgIpc) is 3.32. The molecule has 0 aliphatic heterocycles. The lowest BCUT2D eigenvalue weighted by molar-refractivity contribution is -0.147. The standard InChI is InChI=1S/C19H22N2O6S2/c1-4-26-19(25)15-11(2)16(17(24)20-3)29-18(15)21-13(22)9-27-14(23)6-5-12-7-8-28-10-12/h7-8,10H,4-6,9H2,1-3H3,(H,20,24)(H,21,22). The maximum atomic E-state index is 12.3. The number of hydrogen-bond acceptors (Lipinski definition) is 8. The molecule has 0 radical (unpaired) electrons. The van der Waals surface area contributed by atoms with Gasteiger partial charge in [-0.15, -0.1) is 11.3 Å². The van der Waals surface area contributed by atoms with Crippen molar-refractivity contribution < 1.29 is 28.7 Å². The van der Waals surface area contributed by atoms with Gasteiger partial charge in [-0.2, -0.15) is 11.3 Å². The van der Waals surface area contributed by atoms with Crippen LogP contribution in [-0.4, -0.2) is 44.0 Å². The third kappa shape index (κ3) is 6.13. The number of esters is 2. The van der Waals surface area contributed by atoms with E-state index in [0.29, 0.717) is 16.9 Å². The van der Waals surface area contributed by atoms with Crippen LogP contribution in [0.2, 0.25) is 0 Å². The molecule has 8 nitrogen and oxygen atoms in total. The van der Waals surface area contributed by atoms with Crippen molar-refractivity contribution in [1.29, 1.82) is 0 Å². The second kappa shape index (κ2) is 10.7. The molecule has 0 unspecified atom stereocenters. The van der Waals surface area contributed by atoms with E-state index >= 15 is 0 Å². The van der Waals surface area contributed by atoms with Crippen LogP contribution >= 0.6 is 22.7 Å². The van der Waals surface area contributed by atoms with E-state index in [9.17, 15) is 19.2 Å². The molecule has 0 atom stereocenters. The highest BCUT2D eigenvalue weighted by atomic mass is 32.1. The van der Waals surface area contributed by atoms with Gasteiger partial charge in [0.1, 0.15) is 5.00 Å². The number of anilines is 1. The van der Waals surface area contributed by atoms with Crippen LogP contribution in [0.3, 0.4) is 0 Å². The molecule has 0 aromatic carbocycles. The van der Waals surface area contributed by atoms with Crippen LogP contribution in [0.25, 0.3) is 0 Å². The summed E-state index contributed by atoms with van der Waals surface area (Å²) < 4.78 is 10.0. The van der Waals surface area contributed by atoms with Crippen LogP contribution in [0, 0.1) is 6.92 Å². The van der Waals surface area contributed by atoms with Crippen molar-refractivity contribution in [1.82, 2.24) is 5.32 Å². The Hall–Kier alpha value is -2.72. The maximum absolute atomic E-state index is 12.3. The molecule has 0 aliphatic carbocycles. The molecule has 2 aromatic rings. The van der Waals surface area contributed by atoms with Gasteiger partial charge in [0.15, 0.2) is 6.61 Å². The summed E-state index contributed by atoms with van der Waals surface area (Å²) in [5, 5.41) is 9.07. The minimum absolute atomic E-state index is 0.118. The quantitative estimate of drug-likeness (QED) is 0.583. The number of amides is 2. The second-order valence-electron chi connectivity index (χ2n) is 5.90. The smallest absolute Gasteiger partial charge is 0.341 e. The predicted molar refractivity (Wildman–Crippen MR) is 111 cm³/mol. The highest BCUT2D eigenvalue weighted by Gasteiger charge is 2.26. The zero-order valence-corrected chi connectivity index (χ0v) is 18.0. The van der Waals surface area contributed by atoms with Gasteiger partial charge in [-0.05, 0) is 48.2 Å². The van der Waals surface area contributed by atoms with Gasteiger partial charge in [-0.1, -0.05) is 0 Å². The number of hydrogen-bond donors (Lipinski definition) is 2. The highest BCUT2D eigenvalue weighted by molar-refractivity contribution is 7.18. The molecule has 0 aliphatic rings. The van der Waals surface area contributed by atoms with Gasteiger partial charge >= 0.3 is 11.9 Å². The van der Waals surface area contributed by atoms with E-state index in [-0.39, 0.29) is 29.5 Å². The Morgan fingerprint density at radius 3 is 2.55 bits per heavy atom. The molecule has 2 rings (SSSR count). The Bertz CT molecular complexity index is 889. The Kier molecular flexibility index (Phi) is 8.34. The number of carbonyl (C=O) groups excluding carboxylic acids is 4. The molecular weight excluding hydrogens is 416 g/mol. The number of carbonyl (C=O) groups is 4. The van der Waals surface area contributed by atoms with Crippen LogP contribution in [0.1, 0.15) is 44.5 Å². The first-order chi connectivity index (χ1) is 13.9. The Morgan fingerprint density at radius 1 is 1.17 bits per heavy atom. The molecule has 2 heterocycles. The predicted octanol–water partition coefficient (Wildman–Crippen LogP) is 2.77. The third-order valence-electron chi connectivity index (χ3n) is 3.87. The van der Waals surface area contributed by atoms with Crippen LogP contribution in [0.4, 0.5) is 5.00 Å². The van der Waals surface area contributed by atoms with E-state index in [1.165, 1.54) is 7.05 Å². The van der Waals surface area contributed by atoms with Crippen molar-refractivity contribution in [3.8, 4) is 0 Å². The van der Waals surface area contributed by atoms with Gasteiger partial charge in [0.25, 0.3) is 11.8 Å². The lowest BCUT2D eigenvalue weighted by Gasteiger charge is -2.08. The Morgan fingerprint density at radius 2 is 1.93 bits per heavy atom. The summed E-state index contributed by atoms with van der Waals surface area (Å²) in [5.74, 6) is -2.12. The zero-order chi connectivity index (χ0) is 21.4. The molecular formula is C19H22N2O6S2. The van der Waals surface area contributed by atoms with E-state index in [1.807, 2.05) is 16.8 Å². The van der Waals surface area contributed by atoms with Crippen molar-refractivity contribution in [2.24, 2.45) is 0 Å². The Balaban J connectivity index is 2.01. The van der Waals surface area contributed by atoms with E-state index < -0.39 is 24.5 Å². The normalized spacial score (nSPS) is 10.3. The van der Waals surface area contributed by atoms with Crippen molar-refractivity contribution in [3.63, 3.8) is 0 Å². The summed E-state index contributed by atoms with van der Waals surface area (Å²) in [6, 6.07) is 1.92. The molecule has 0 saturated heterocycles. The van der Waals surface area contributed by atoms with Gasteiger partial charge in [0.2, 0.25) is 0 Å². The zero-order valence-electron chi connectivity index (χ0n) is 16.3. The van der Waals surface area contributed by atoms with Crippen molar-refractivity contribution in [2.45, 2.75) is 26.7 Å². The van der Waals surface area contributed by atoms with Crippen LogP contribution in [0.5, 0.6) is 0 Å². The molecule has 2 N–H and O–H groups in total. The van der Waals surface area contributed by atoms with Crippen molar-refractivity contribution in [3.05, 3.63) is 38.4 Å². The minimum Gasteiger partial charge on any atom is -0.462 e. The number of rotatable bonds is 9. The molecule has 10 heteroatoms. The van der Waals surface area contributed by atoms with Crippen molar-refractivity contribution in [2.75, 3.05) is 25.6 Å². The largest absolute Gasteiger partial charge is 0.462 e. The van der Waals surface area contributed by atoms with Gasteiger partial charge in [0, 0.05) is 13.5 Å². The molecule has 0 fully saturated rings. The number of aryl methyl sites for hydroxylation is 1. The van der Waals surface area contributed by atoms with E-state index in [4.69, 9.17) is 9.47 Å².